The van der Waals surface area contributed by atoms with Crippen molar-refractivity contribution >= 4 is 5.97 Å². The van der Waals surface area contributed by atoms with Crippen LogP contribution in [0, 0.1) is 0 Å². The standard InChI is InChI=1S/C6H12N4O2/c1-2-3-8-5(6(11)12)4-9-10-7/h5,8H,2-4H2,1H3,(H,11,12). The van der Waals surface area contributed by atoms with E-state index >= 15 is 0 Å². The topological polar surface area (TPSA) is 98.1 Å². The van der Waals surface area contributed by atoms with Crippen LogP contribution in [0.2, 0.25) is 0 Å². The van der Waals surface area contributed by atoms with Crippen LogP contribution in [0.5, 0.6) is 0 Å². The molecule has 0 aromatic heterocycles. The summed E-state index contributed by atoms with van der Waals surface area (Å²) in [4.78, 5) is 13.0. The maximum atomic E-state index is 10.5. The van der Waals surface area contributed by atoms with E-state index in [0.717, 1.165) is 6.42 Å². The first-order chi connectivity index (χ1) is 5.72. The third-order valence-corrected chi connectivity index (χ3v) is 1.27. The number of carboxylic acids is 1. The Kier molecular flexibility index (Phi) is 5.77. The lowest BCUT2D eigenvalue weighted by Gasteiger charge is -2.09. The number of hydrogen-bond donors (Lipinski definition) is 2. The van der Waals surface area contributed by atoms with Crippen molar-refractivity contribution in [2.24, 2.45) is 5.11 Å². The molecule has 0 bridgehead atoms. The summed E-state index contributed by atoms with van der Waals surface area (Å²) in [7, 11) is 0. The third-order valence-electron chi connectivity index (χ3n) is 1.27. The Hall–Kier alpha value is -1.26. The van der Waals surface area contributed by atoms with Gasteiger partial charge in [0.15, 0.2) is 0 Å². The molecule has 0 amide bonds. The van der Waals surface area contributed by atoms with Crippen LogP contribution in [-0.4, -0.2) is 30.2 Å². The first-order valence-electron chi connectivity index (χ1n) is 3.69. The van der Waals surface area contributed by atoms with Crippen LogP contribution in [0.25, 0.3) is 10.4 Å². The summed E-state index contributed by atoms with van der Waals surface area (Å²) < 4.78 is 0. The summed E-state index contributed by atoms with van der Waals surface area (Å²) in [6, 6.07) is -0.763. The minimum atomic E-state index is -0.990. The van der Waals surface area contributed by atoms with Crippen LogP contribution in [0.15, 0.2) is 5.11 Å². The second-order valence-electron chi connectivity index (χ2n) is 2.26. The lowest BCUT2D eigenvalue weighted by Crippen LogP contribution is -2.39. The predicted molar refractivity (Wildman–Crippen MR) is 43.7 cm³/mol. The van der Waals surface area contributed by atoms with Crippen molar-refractivity contribution in [1.29, 1.82) is 0 Å². The molecule has 6 heteroatoms. The van der Waals surface area contributed by atoms with Gasteiger partial charge in [0, 0.05) is 4.91 Å². The van der Waals surface area contributed by atoms with Gasteiger partial charge < -0.3 is 10.4 Å². The molecule has 6 nitrogen and oxygen atoms in total. The molecular formula is C6H12N4O2. The molecule has 0 saturated heterocycles. The highest BCUT2D eigenvalue weighted by atomic mass is 16.4. The summed E-state index contributed by atoms with van der Waals surface area (Å²) in [6.45, 7) is 2.49. The molecule has 0 saturated carbocycles. The highest BCUT2D eigenvalue weighted by Crippen LogP contribution is 1.87. The molecular weight excluding hydrogens is 160 g/mol. The van der Waals surface area contributed by atoms with Gasteiger partial charge in [-0.05, 0) is 18.5 Å². The van der Waals surface area contributed by atoms with E-state index in [4.69, 9.17) is 10.6 Å². The second kappa shape index (κ2) is 6.45. The maximum Gasteiger partial charge on any atom is 0.320 e. The molecule has 0 aliphatic heterocycles. The molecule has 0 fully saturated rings. The lowest BCUT2D eigenvalue weighted by molar-refractivity contribution is -0.139. The predicted octanol–water partition coefficient (Wildman–Crippen LogP) is 0.749. The van der Waals surface area contributed by atoms with Crippen LogP contribution >= 0.6 is 0 Å². The fraction of sp³-hybridized carbons (Fsp3) is 0.833. The van der Waals surface area contributed by atoms with Crippen LogP contribution in [0.4, 0.5) is 0 Å². The zero-order chi connectivity index (χ0) is 9.40. The fourth-order valence-electron chi connectivity index (χ4n) is 0.667. The van der Waals surface area contributed by atoms with Gasteiger partial charge in [-0.2, -0.15) is 0 Å². The molecule has 0 heterocycles. The molecule has 0 aromatic rings. The number of nitrogens with one attached hydrogen (secondary N) is 1. The van der Waals surface area contributed by atoms with E-state index in [1.165, 1.54) is 0 Å². The van der Waals surface area contributed by atoms with Crippen molar-refractivity contribution in [2.45, 2.75) is 19.4 Å². The van der Waals surface area contributed by atoms with E-state index in [0.29, 0.717) is 6.54 Å². The van der Waals surface area contributed by atoms with Gasteiger partial charge >= 0.3 is 5.97 Å². The Bertz CT molecular complexity index is 188. The molecule has 0 aromatic carbocycles. The van der Waals surface area contributed by atoms with Gasteiger partial charge in [0.25, 0.3) is 0 Å². The molecule has 0 aliphatic carbocycles. The van der Waals surface area contributed by atoms with Gasteiger partial charge in [-0.1, -0.05) is 12.0 Å². The summed E-state index contributed by atoms with van der Waals surface area (Å²) in [5.41, 5.74) is 7.96. The summed E-state index contributed by atoms with van der Waals surface area (Å²) in [6.07, 6.45) is 0.847. The third kappa shape index (κ3) is 4.54. The highest BCUT2D eigenvalue weighted by molar-refractivity contribution is 5.73. The van der Waals surface area contributed by atoms with Crippen molar-refractivity contribution in [3.63, 3.8) is 0 Å². The van der Waals surface area contributed by atoms with E-state index in [2.05, 4.69) is 15.3 Å². The fourth-order valence-corrected chi connectivity index (χ4v) is 0.667. The molecule has 1 atom stereocenters. The minimum absolute atomic E-state index is 0.0498. The zero-order valence-corrected chi connectivity index (χ0v) is 6.90. The van der Waals surface area contributed by atoms with E-state index in [1.54, 1.807) is 0 Å². The molecule has 2 N–H and O–H groups in total. The Balaban J connectivity index is 3.86. The average molecular weight is 172 g/mol. The van der Waals surface area contributed by atoms with Gasteiger partial charge in [0.1, 0.15) is 6.04 Å². The van der Waals surface area contributed by atoms with Gasteiger partial charge in [-0.15, -0.1) is 0 Å². The number of hydrogen-bond acceptors (Lipinski definition) is 3. The van der Waals surface area contributed by atoms with Crippen molar-refractivity contribution in [3.8, 4) is 0 Å². The van der Waals surface area contributed by atoms with Crippen molar-refractivity contribution in [1.82, 2.24) is 5.32 Å². The molecule has 0 rings (SSSR count). The molecule has 0 radical (unpaired) electrons. The molecule has 0 spiro atoms. The quantitative estimate of drug-likeness (QED) is 0.351. The van der Waals surface area contributed by atoms with Gasteiger partial charge in [0.05, 0.1) is 6.54 Å². The van der Waals surface area contributed by atoms with Crippen LogP contribution < -0.4 is 5.32 Å². The van der Waals surface area contributed by atoms with Crippen molar-refractivity contribution in [2.75, 3.05) is 13.1 Å². The van der Waals surface area contributed by atoms with Crippen LogP contribution in [0.3, 0.4) is 0 Å². The van der Waals surface area contributed by atoms with E-state index in [9.17, 15) is 4.79 Å². The Morgan fingerprint density at radius 3 is 2.92 bits per heavy atom. The smallest absolute Gasteiger partial charge is 0.320 e. The highest BCUT2D eigenvalue weighted by Gasteiger charge is 2.13. The van der Waals surface area contributed by atoms with Gasteiger partial charge in [-0.25, -0.2) is 0 Å². The number of azide groups is 1. The number of rotatable bonds is 6. The number of carboxylic acid groups (broad SMARTS) is 1. The Morgan fingerprint density at radius 1 is 1.83 bits per heavy atom. The SMILES string of the molecule is CCCNC(CN=[N+]=[N-])C(=O)O. The largest absolute Gasteiger partial charge is 0.480 e. The maximum absolute atomic E-state index is 10.5. The van der Waals surface area contributed by atoms with E-state index in [-0.39, 0.29) is 6.54 Å². The first kappa shape index (κ1) is 10.7. The summed E-state index contributed by atoms with van der Waals surface area (Å²) >= 11 is 0. The van der Waals surface area contributed by atoms with Gasteiger partial charge in [-0.3, -0.25) is 4.79 Å². The average Bonchev–Trinajstić information content (AvgIpc) is 2.04. The number of carbonyl (C=O) groups is 1. The number of nitrogens with zero attached hydrogens (tertiary/aromatic N) is 3. The second-order valence-corrected chi connectivity index (χ2v) is 2.26. The minimum Gasteiger partial charge on any atom is -0.480 e. The lowest BCUT2D eigenvalue weighted by atomic mass is 10.3. The van der Waals surface area contributed by atoms with Crippen molar-refractivity contribution < 1.29 is 9.90 Å². The van der Waals surface area contributed by atoms with Crippen LogP contribution in [-0.2, 0) is 4.79 Å². The van der Waals surface area contributed by atoms with E-state index < -0.39 is 12.0 Å². The molecule has 12 heavy (non-hydrogen) atoms. The van der Waals surface area contributed by atoms with E-state index in [1.807, 2.05) is 6.92 Å². The van der Waals surface area contributed by atoms with Crippen molar-refractivity contribution in [3.05, 3.63) is 10.4 Å². The normalized spacial score (nSPS) is 11.8. The Labute approximate surface area is 70.2 Å². The summed E-state index contributed by atoms with van der Waals surface area (Å²) in [5, 5.41) is 14.5. The monoisotopic (exact) mass is 172 g/mol. The summed E-state index contributed by atoms with van der Waals surface area (Å²) in [5.74, 6) is -0.990. The number of aliphatic carboxylic acids is 1. The first-order valence-corrected chi connectivity index (χ1v) is 3.69. The molecule has 0 aliphatic rings. The molecule has 1 unspecified atom stereocenters. The molecule has 68 valence electrons. The van der Waals surface area contributed by atoms with Gasteiger partial charge in [0.2, 0.25) is 0 Å². The van der Waals surface area contributed by atoms with Crippen LogP contribution in [0.1, 0.15) is 13.3 Å². The zero-order valence-electron chi connectivity index (χ0n) is 6.90. The Morgan fingerprint density at radius 2 is 2.50 bits per heavy atom.